The number of para-hydroxylation sites is 2. The Morgan fingerprint density at radius 3 is 2.05 bits per heavy atom. The largest absolute Gasteiger partial charge is 0.351 e. The van der Waals surface area contributed by atoms with E-state index in [2.05, 4.69) is 10.6 Å². The third-order valence-electron chi connectivity index (χ3n) is 2.92. The molecule has 0 radical (unpaired) electrons. The molecule has 2 aromatic carbocycles. The molecule has 1 aliphatic rings. The topological polar surface area (TPSA) is 41.1 Å². The van der Waals surface area contributed by atoms with Gasteiger partial charge in [0.25, 0.3) is 5.91 Å². The first kappa shape index (κ1) is 11.5. The molecule has 0 spiro atoms. The number of hydrogen-bond donors (Lipinski definition) is 2. The van der Waals surface area contributed by atoms with Crippen LogP contribution in [-0.4, -0.2) is 5.91 Å². The molecule has 1 aliphatic heterocycles. The maximum Gasteiger partial charge on any atom is 0.286 e. The lowest BCUT2D eigenvalue weighted by molar-refractivity contribution is -0.114. The summed E-state index contributed by atoms with van der Waals surface area (Å²) in [6.45, 7) is 0. The van der Waals surface area contributed by atoms with Gasteiger partial charge in [-0.2, -0.15) is 4.39 Å². The number of amides is 1. The smallest absolute Gasteiger partial charge is 0.286 e. The fourth-order valence-electron chi connectivity index (χ4n) is 1.99. The monoisotopic (exact) mass is 254 g/mol. The van der Waals surface area contributed by atoms with Crippen molar-refractivity contribution in [3.8, 4) is 0 Å². The molecule has 0 unspecified atom stereocenters. The van der Waals surface area contributed by atoms with Crippen molar-refractivity contribution < 1.29 is 9.18 Å². The molecule has 1 amide bonds. The molecule has 19 heavy (non-hydrogen) atoms. The highest BCUT2D eigenvalue weighted by Crippen LogP contribution is 2.31. The summed E-state index contributed by atoms with van der Waals surface area (Å²) < 4.78 is 14.2. The average Bonchev–Trinajstić information content (AvgIpc) is 2.58. The standard InChI is InChI=1S/C15H11FN2O/c16-13-14(10-6-2-1-3-7-10)17-11-8-4-5-9-12(11)18-15(13)19/h1-9,17H,(H,18,19). The summed E-state index contributed by atoms with van der Waals surface area (Å²) in [6.07, 6.45) is 0. The zero-order valence-corrected chi connectivity index (χ0v) is 9.98. The van der Waals surface area contributed by atoms with Gasteiger partial charge in [-0.05, 0) is 12.1 Å². The number of nitrogens with one attached hydrogen (secondary N) is 2. The second kappa shape index (κ2) is 4.57. The normalized spacial score (nSPS) is 14.3. The van der Waals surface area contributed by atoms with Gasteiger partial charge in [0.2, 0.25) is 5.83 Å². The minimum atomic E-state index is -0.817. The lowest BCUT2D eigenvalue weighted by Crippen LogP contribution is -2.11. The number of anilines is 2. The van der Waals surface area contributed by atoms with Gasteiger partial charge in [0, 0.05) is 5.56 Å². The predicted molar refractivity (Wildman–Crippen MR) is 73.2 cm³/mol. The number of hydrogen-bond acceptors (Lipinski definition) is 2. The molecule has 94 valence electrons. The Balaban J connectivity index is 2.13. The molecule has 3 rings (SSSR count). The molecular weight excluding hydrogens is 243 g/mol. The van der Waals surface area contributed by atoms with Crippen LogP contribution in [0.1, 0.15) is 5.56 Å². The van der Waals surface area contributed by atoms with Crippen molar-refractivity contribution >= 4 is 23.0 Å². The van der Waals surface area contributed by atoms with E-state index in [9.17, 15) is 9.18 Å². The van der Waals surface area contributed by atoms with Crippen molar-refractivity contribution in [1.82, 2.24) is 0 Å². The van der Waals surface area contributed by atoms with Crippen LogP contribution >= 0.6 is 0 Å². The molecule has 2 N–H and O–H groups in total. The van der Waals surface area contributed by atoms with E-state index < -0.39 is 11.7 Å². The molecule has 0 aromatic heterocycles. The van der Waals surface area contributed by atoms with Crippen molar-refractivity contribution in [3.63, 3.8) is 0 Å². The van der Waals surface area contributed by atoms with E-state index in [4.69, 9.17) is 0 Å². The van der Waals surface area contributed by atoms with Crippen LogP contribution in [0.5, 0.6) is 0 Å². The van der Waals surface area contributed by atoms with Gasteiger partial charge in [-0.25, -0.2) is 0 Å². The summed E-state index contributed by atoms with van der Waals surface area (Å²) in [5.41, 5.74) is 2.05. The van der Waals surface area contributed by atoms with E-state index in [0.717, 1.165) is 0 Å². The zero-order chi connectivity index (χ0) is 13.2. The molecule has 2 aromatic rings. The van der Waals surface area contributed by atoms with Gasteiger partial charge in [0.1, 0.15) is 0 Å². The van der Waals surface area contributed by atoms with Gasteiger partial charge < -0.3 is 10.6 Å². The molecule has 0 atom stereocenters. The summed E-state index contributed by atoms with van der Waals surface area (Å²) in [4.78, 5) is 11.8. The summed E-state index contributed by atoms with van der Waals surface area (Å²) in [7, 11) is 0. The first-order valence-corrected chi connectivity index (χ1v) is 5.88. The number of halogens is 1. The van der Waals surface area contributed by atoms with Gasteiger partial charge >= 0.3 is 0 Å². The second-order valence-electron chi connectivity index (χ2n) is 4.18. The lowest BCUT2D eigenvalue weighted by Gasteiger charge is -2.10. The minimum absolute atomic E-state index is 0.183. The summed E-state index contributed by atoms with van der Waals surface area (Å²) >= 11 is 0. The second-order valence-corrected chi connectivity index (χ2v) is 4.18. The van der Waals surface area contributed by atoms with Crippen molar-refractivity contribution in [3.05, 3.63) is 66.0 Å². The Bertz CT molecular complexity index is 665. The number of rotatable bonds is 1. The van der Waals surface area contributed by atoms with E-state index in [1.54, 1.807) is 42.5 Å². The Kier molecular flexibility index (Phi) is 2.76. The van der Waals surface area contributed by atoms with E-state index in [1.807, 2.05) is 12.1 Å². The molecule has 3 nitrogen and oxygen atoms in total. The Hall–Kier alpha value is -2.62. The number of carbonyl (C=O) groups excluding carboxylic acids is 1. The van der Waals surface area contributed by atoms with E-state index >= 15 is 0 Å². The number of benzene rings is 2. The van der Waals surface area contributed by atoms with Crippen LogP contribution in [0.2, 0.25) is 0 Å². The van der Waals surface area contributed by atoms with Gasteiger partial charge in [0.05, 0.1) is 17.1 Å². The Labute approximate surface area is 109 Å². The van der Waals surface area contributed by atoms with Crippen LogP contribution in [0.4, 0.5) is 15.8 Å². The maximum absolute atomic E-state index is 14.2. The molecule has 0 bridgehead atoms. The SMILES string of the molecule is O=C1Nc2ccccc2NC(c2ccccc2)=C1F. The van der Waals surface area contributed by atoms with E-state index in [0.29, 0.717) is 16.9 Å². The summed E-state index contributed by atoms with van der Waals surface area (Å²) in [5.74, 6) is -1.56. The van der Waals surface area contributed by atoms with Gasteiger partial charge in [-0.1, -0.05) is 42.5 Å². The Morgan fingerprint density at radius 2 is 1.37 bits per heavy atom. The van der Waals surface area contributed by atoms with Crippen LogP contribution < -0.4 is 10.6 Å². The first-order valence-electron chi connectivity index (χ1n) is 5.88. The molecule has 0 fully saturated rings. The van der Waals surface area contributed by atoms with Crippen molar-refractivity contribution in [2.75, 3.05) is 10.6 Å². The van der Waals surface area contributed by atoms with Crippen LogP contribution in [0.25, 0.3) is 5.70 Å². The number of fused-ring (bicyclic) bond motifs is 1. The van der Waals surface area contributed by atoms with Crippen LogP contribution in [-0.2, 0) is 4.79 Å². The summed E-state index contributed by atoms with van der Waals surface area (Å²) in [6, 6.07) is 16.1. The van der Waals surface area contributed by atoms with Crippen molar-refractivity contribution in [2.45, 2.75) is 0 Å². The van der Waals surface area contributed by atoms with Crippen LogP contribution in [0.3, 0.4) is 0 Å². The maximum atomic E-state index is 14.2. The quantitative estimate of drug-likeness (QED) is 0.819. The Morgan fingerprint density at radius 1 is 0.789 bits per heavy atom. The third-order valence-corrected chi connectivity index (χ3v) is 2.92. The fraction of sp³-hybridized carbons (Fsp3) is 0. The zero-order valence-electron chi connectivity index (χ0n) is 9.98. The third kappa shape index (κ3) is 2.08. The van der Waals surface area contributed by atoms with Crippen molar-refractivity contribution in [1.29, 1.82) is 0 Å². The molecule has 4 heteroatoms. The summed E-state index contributed by atoms with van der Waals surface area (Å²) in [5, 5.41) is 5.51. The highest BCUT2D eigenvalue weighted by Gasteiger charge is 2.22. The van der Waals surface area contributed by atoms with Crippen LogP contribution in [0, 0.1) is 0 Å². The van der Waals surface area contributed by atoms with E-state index in [1.165, 1.54) is 0 Å². The molecule has 0 saturated carbocycles. The molecule has 1 heterocycles. The van der Waals surface area contributed by atoms with E-state index in [-0.39, 0.29) is 5.70 Å². The average molecular weight is 254 g/mol. The predicted octanol–water partition coefficient (Wildman–Crippen LogP) is 3.39. The minimum Gasteiger partial charge on any atom is -0.351 e. The molecule has 0 aliphatic carbocycles. The van der Waals surface area contributed by atoms with Gasteiger partial charge in [-0.15, -0.1) is 0 Å². The highest BCUT2D eigenvalue weighted by molar-refractivity contribution is 6.12. The van der Waals surface area contributed by atoms with Crippen LogP contribution in [0.15, 0.2) is 60.4 Å². The molecular formula is C15H11FN2O. The molecule has 0 saturated heterocycles. The first-order chi connectivity index (χ1) is 9.25. The van der Waals surface area contributed by atoms with Gasteiger partial charge in [0.15, 0.2) is 0 Å². The van der Waals surface area contributed by atoms with Crippen molar-refractivity contribution in [2.24, 2.45) is 0 Å². The number of carbonyl (C=O) groups is 1. The lowest BCUT2D eigenvalue weighted by atomic mass is 10.1. The highest BCUT2D eigenvalue weighted by atomic mass is 19.1. The fourth-order valence-corrected chi connectivity index (χ4v) is 1.99. The van der Waals surface area contributed by atoms with Gasteiger partial charge in [-0.3, -0.25) is 4.79 Å².